The number of aliphatic hydroxyl groups is 2. The van der Waals surface area contributed by atoms with E-state index in [4.69, 9.17) is 5.11 Å². The van der Waals surface area contributed by atoms with E-state index in [9.17, 15) is 22.8 Å². The number of hydrogen-bond acceptors (Lipinski definition) is 7. The molecule has 2 heterocycles. The maximum absolute atomic E-state index is 15.0. The molecular formula is C29H34F4N3O3PS. The number of nitrogens with zero attached hydrogens (tertiary/aromatic N) is 1. The number of β-amino-alcohol motifs (C(OH)–C–C–N with tert-alkyl or cyclic N) is 1. The number of piperidine rings is 1. The average molecular weight is 612 g/mol. The Labute approximate surface area is 241 Å². The van der Waals surface area contributed by atoms with Crippen molar-refractivity contribution in [2.75, 3.05) is 56.7 Å². The van der Waals surface area contributed by atoms with Crippen molar-refractivity contribution in [3.8, 4) is 11.8 Å². The van der Waals surface area contributed by atoms with Gasteiger partial charge in [0, 0.05) is 30.6 Å². The summed E-state index contributed by atoms with van der Waals surface area (Å²) in [4.78, 5) is 2.06. The fourth-order valence-electron chi connectivity index (χ4n) is 4.82. The highest BCUT2D eigenvalue weighted by Crippen LogP contribution is 2.39. The van der Waals surface area contributed by atoms with Crippen molar-refractivity contribution in [1.29, 1.82) is 0 Å². The van der Waals surface area contributed by atoms with Gasteiger partial charge in [-0.1, -0.05) is 24.0 Å². The minimum Gasteiger partial charge on any atom is -0.394 e. The number of aliphatic hydroxyl groups excluding tert-OH is 2. The highest BCUT2D eigenvalue weighted by molar-refractivity contribution is 7.70. The van der Waals surface area contributed by atoms with Crippen LogP contribution in [0, 0.1) is 11.8 Å². The van der Waals surface area contributed by atoms with Gasteiger partial charge >= 0.3 is 6.18 Å². The lowest BCUT2D eigenvalue weighted by molar-refractivity contribution is -0.126. The number of halogens is 4. The summed E-state index contributed by atoms with van der Waals surface area (Å²) >= 11 is 1.16. The minimum atomic E-state index is -4.43. The fraction of sp³-hybridized carbons (Fsp3) is 0.448. The molecule has 3 unspecified atom stereocenters. The summed E-state index contributed by atoms with van der Waals surface area (Å²) in [5.74, 6) is 5.83. The maximum Gasteiger partial charge on any atom is 0.393 e. The number of fused-ring (bicyclic) bond motifs is 1. The molecule has 2 aromatic carbocycles. The zero-order valence-corrected chi connectivity index (χ0v) is 24.6. The Balaban J connectivity index is 1.52. The quantitative estimate of drug-likeness (QED) is 0.157. The molecule has 3 aromatic rings. The molecule has 0 radical (unpaired) electrons. The monoisotopic (exact) mass is 611 g/mol. The molecule has 41 heavy (non-hydrogen) atoms. The zero-order valence-electron chi connectivity index (χ0n) is 22.8. The number of rotatable bonds is 9. The van der Waals surface area contributed by atoms with Gasteiger partial charge in [0.05, 0.1) is 47.0 Å². The van der Waals surface area contributed by atoms with Crippen LogP contribution in [0.2, 0.25) is 0 Å². The summed E-state index contributed by atoms with van der Waals surface area (Å²) in [7, 11) is -2.37. The largest absolute Gasteiger partial charge is 0.394 e. The lowest BCUT2D eigenvalue weighted by Gasteiger charge is -2.36. The van der Waals surface area contributed by atoms with Crippen LogP contribution >= 0.6 is 18.5 Å². The maximum atomic E-state index is 15.0. The van der Waals surface area contributed by atoms with E-state index < -0.39 is 44.7 Å². The van der Waals surface area contributed by atoms with Crippen LogP contribution in [-0.4, -0.2) is 85.7 Å². The summed E-state index contributed by atoms with van der Waals surface area (Å²) in [5.41, 5.74) is 1.42. The summed E-state index contributed by atoms with van der Waals surface area (Å²) < 4.78 is 68.5. The second kappa shape index (κ2) is 13.1. The molecule has 12 heteroatoms. The third kappa shape index (κ3) is 8.46. The number of anilines is 2. The van der Waals surface area contributed by atoms with Crippen molar-refractivity contribution in [3.05, 3.63) is 52.9 Å². The van der Waals surface area contributed by atoms with Crippen molar-refractivity contribution in [1.82, 2.24) is 4.90 Å². The molecule has 1 aliphatic heterocycles. The molecule has 1 aromatic heterocycles. The third-order valence-corrected chi connectivity index (χ3v) is 9.65. The molecule has 6 nitrogen and oxygen atoms in total. The van der Waals surface area contributed by atoms with Crippen LogP contribution in [0.15, 0.2) is 42.5 Å². The van der Waals surface area contributed by atoms with Crippen molar-refractivity contribution in [2.45, 2.75) is 37.3 Å². The average Bonchev–Trinajstić information content (AvgIpc) is 3.24. The van der Waals surface area contributed by atoms with Gasteiger partial charge < -0.3 is 25.4 Å². The second-order valence-corrected chi connectivity index (χ2v) is 14.8. The SMILES string of the molecule is CP(C)(=O)c1ccc(NCC#Cc2sc3c(NC4CCN(CC(O)CO)CC4F)cccc3c2CC(F)(F)F)cc1. The lowest BCUT2D eigenvalue weighted by atomic mass is 10.0. The molecule has 0 amide bonds. The van der Waals surface area contributed by atoms with Crippen LogP contribution in [0.1, 0.15) is 16.9 Å². The molecule has 0 spiro atoms. The number of benzene rings is 2. The Kier molecular flexibility index (Phi) is 10.0. The van der Waals surface area contributed by atoms with E-state index in [1.54, 1.807) is 60.7 Å². The first-order chi connectivity index (χ1) is 19.3. The number of thiophene rings is 1. The zero-order chi connectivity index (χ0) is 29.8. The van der Waals surface area contributed by atoms with E-state index in [-0.39, 0.29) is 25.2 Å². The summed E-state index contributed by atoms with van der Waals surface area (Å²) in [6.07, 6.45) is -7.32. The number of likely N-dealkylation sites (tertiary alicyclic amines) is 1. The summed E-state index contributed by atoms with van der Waals surface area (Å²) in [6, 6.07) is 11.6. The topological polar surface area (TPSA) is 84.8 Å². The van der Waals surface area contributed by atoms with Gasteiger partial charge in [0.1, 0.15) is 13.3 Å². The highest BCUT2D eigenvalue weighted by atomic mass is 32.1. The van der Waals surface area contributed by atoms with E-state index in [0.717, 1.165) is 22.3 Å². The standard InChI is InChI=1S/C29H34F4N3O3PS/c1-40(2,39)21-10-8-19(9-11-21)34-13-4-7-27-23(15-29(31,32)33)22-5-3-6-26(28(22)41-27)35-25-12-14-36(17-24(25)30)16-20(38)18-37/h3,5-6,8-11,20,24-25,34-35,37-38H,12-18H2,1-2H3. The van der Waals surface area contributed by atoms with Crippen LogP contribution in [0.25, 0.3) is 10.1 Å². The first-order valence-electron chi connectivity index (χ1n) is 13.3. The molecular weight excluding hydrogens is 577 g/mol. The Bertz CT molecular complexity index is 1450. The first kappa shape index (κ1) is 31.3. The molecule has 222 valence electrons. The van der Waals surface area contributed by atoms with E-state index in [0.29, 0.717) is 33.6 Å². The summed E-state index contributed by atoms with van der Waals surface area (Å²) in [5, 5.41) is 26.2. The smallest absolute Gasteiger partial charge is 0.393 e. The van der Waals surface area contributed by atoms with Crippen LogP contribution in [0.5, 0.6) is 0 Å². The molecule has 0 bridgehead atoms. The van der Waals surface area contributed by atoms with E-state index in [2.05, 4.69) is 22.5 Å². The van der Waals surface area contributed by atoms with Gasteiger partial charge in [0.2, 0.25) is 0 Å². The lowest BCUT2D eigenvalue weighted by Crippen LogP contribution is -2.50. The Morgan fingerprint density at radius 2 is 1.93 bits per heavy atom. The number of alkyl halides is 4. The van der Waals surface area contributed by atoms with Gasteiger partial charge in [-0.15, -0.1) is 11.3 Å². The van der Waals surface area contributed by atoms with Crippen LogP contribution in [-0.2, 0) is 11.0 Å². The van der Waals surface area contributed by atoms with E-state index in [1.165, 1.54) is 0 Å². The van der Waals surface area contributed by atoms with Gasteiger partial charge in [-0.25, -0.2) is 4.39 Å². The van der Waals surface area contributed by atoms with Gasteiger partial charge in [-0.3, -0.25) is 4.90 Å². The van der Waals surface area contributed by atoms with E-state index in [1.807, 2.05) is 0 Å². The van der Waals surface area contributed by atoms with Crippen LogP contribution in [0.4, 0.5) is 28.9 Å². The van der Waals surface area contributed by atoms with Crippen LogP contribution in [0.3, 0.4) is 0 Å². The normalized spacial score (nSPS) is 19.0. The molecule has 0 saturated carbocycles. The fourth-order valence-corrected chi connectivity index (χ4v) is 6.86. The summed E-state index contributed by atoms with van der Waals surface area (Å²) in [6.45, 7) is 3.95. The first-order valence-corrected chi connectivity index (χ1v) is 16.7. The highest BCUT2D eigenvalue weighted by Gasteiger charge is 2.33. The Hall–Kier alpha value is -2.61. The van der Waals surface area contributed by atoms with Crippen molar-refractivity contribution >= 4 is 45.2 Å². The molecule has 1 aliphatic rings. The Morgan fingerprint density at radius 3 is 2.56 bits per heavy atom. The number of hydrogen-bond donors (Lipinski definition) is 4. The molecule has 4 rings (SSSR count). The van der Waals surface area contributed by atoms with Gasteiger partial charge in [-0.05, 0) is 61.0 Å². The predicted octanol–water partition coefficient (Wildman–Crippen LogP) is 4.90. The Morgan fingerprint density at radius 1 is 1.20 bits per heavy atom. The third-order valence-electron chi connectivity index (χ3n) is 6.91. The predicted molar refractivity (Wildman–Crippen MR) is 159 cm³/mol. The van der Waals surface area contributed by atoms with Crippen LogP contribution < -0.4 is 15.9 Å². The van der Waals surface area contributed by atoms with Gasteiger partial charge in [-0.2, -0.15) is 13.2 Å². The van der Waals surface area contributed by atoms with Crippen molar-refractivity contribution < 1.29 is 32.3 Å². The molecule has 4 N–H and O–H groups in total. The molecule has 3 atom stereocenters. The van der Waals surface area contributed by atoms with Crippen molar-refractivity contribution in [3.63, 3.8) is 0 Å². The molecule has 0 aliphatic carbocycles. The number of nitrogens with one attached hydrogen (secondary N) is 2. The molecule has 1 fully saturated rings. The van der Waals surface area contributed by atoms with Crippen molar-refractivity contribution in [2.24, 2.45) is 0 Å². The van der Waals surface area contributed by atoms with Gasteiger partial charge in [0.15, 0.2) is 0 Å². The minimum absolute atomic E-state index is 0.0805. The molecule has 1 saturated heterocycles. The second-order valence-electron chi connectivity index (χ2n) is 10.6. The van der Waals surface area contributed by atoms with Gasteiger partial charge in [0.25, 0.3) is 0 Å². The van der Waals surface area contributed by atoms with E-state index >= 15 is 4.39 Å².